The second-order valence-corrected chi connectivity index (χ2v) is 6.42. The molecule has 5 nitrogen and oxygen atoms in total. The van der Waals surface area contributed by atoms with Crippen LogP contribution in [-0.4, -0.2) is 24.4 Å². The minimum atomic E-state index is -4.39. The molecule has 1 aromatic heterocycles. The maximum absolute atomic E-state index is 12.4. The molecule has 9 heteroatoms. The second-order valence-electron chi connectivity index (χ2n) is 4.26. The van der Waals surface area contributed by atoms with E-state index in [4.69, 9.17) is 4.42 Å². The molecule has 118 valence electrons. The molecule has 0 spiro atoms. The highest BCUT2D eigenvalue weighted by Crippen LogP contribution is 2.29. The second kappa shape index (κ2) is 5.91. The third-order valence-electron chi connectivity index (χ3n) is 2.72. The van der Waals surface area contributed by atoms with Gasteiger partial charge in [0, 0.05) is 6.08 Å². The first-order valence-electron chi connectivity index (χ1n) is 6.14. The summed E-state index contributed by atoms with van der Waals surface area (Å²) < 4.78 is 65.2. The third kappa shape index (κ3) is 3.73. The zero-order valence-corrected chi connectivity index (χ0v) is 12.1. The number of benzene rings is 1. The Bertz CT molecular complexity index is 778. The van der Waals surface area contributed by atoms with E-state index in [2.05, 4.69) is 10.2 Å². The third-order valence-corrected chi connectivity index (χ3v) is 4.18. The summed E-state index contributed by atoms with van der Waals surface area (Å²) in [6, 6.07) is 4.44. The molecule has 0 aliphatic heterocycles. The zero-order valence-electron chi connectivity index (χ0n) is 11.3. The first kappa shape index (κ1) is 16.2. The van der Waals surface area contributed by atoms with Gasteiger partial charge in [-0.2, -0.15) is 13.2 Å². The number of alkyl halides is 3. The molecule has 0 N–H and O–H groups in total. The molecule has 0 aliphatic carbocycles. The van der Waals surface area contributed by atoms with Gasteiger partial charge in [-0.1, -0.05) is 24.2 Å². The van der Waals surface area contributed by atoms with Gasteiger partial charge in [-0.05, 0) is 23.8 Å². The van der Waals surface area contributed by atoms with Gasteiger partial charge >= 0.3 is 11.4 Å². The van der Waals surface area contributed by atoms with Gasteiger partial charge in [0.1, 0.15) is 0 Å². The summed E-state index contributed by atoms with van der Waals surface area (Å²) in [7, 11) is -3.58. The highest BCUT2D eigenvalue weighted by Gasteiger charge is 2.29. The number of nitrogens with zero attached hydrogens (tertiary/aromatic N) is 2. The summed E-state index contributed by atoms with van der Waals surface area (Å²) in [6.07, 6.45) is -1.63. The van der Waals surface area contributed by atoms with Crippen molar-refractivity contribution in [3.8, 4) is 0 Å². The summed E-state index contributed by atoms with van der Waals surface area (Å²) >= 11 is 0. The zero-order chi connectivity index (χ0) is 16.4. The smallest absolute Gasteiger partial charge is 0.408 e. The molecule has 0 saturated carbocycles. The van der Waals surface area contributed by atoms with Crippen molar-refractivity contribution >= 4 is 22.0 Å². The van der Waals surface area contributed by atoms with Crippen molar-refractivity contribution in [2.75, 3.05) is 5.75 Å². The summed E-state index contributed by atoms with van der Waals surface area (Å²) in [5, 5.41) is 6.47. The lowest BCUT2D eigenvalue weighted by molar-refractivity contribution is -0.137. The normalized spacial score (nSPS) is 12.9. The van der Waals surface area contributed by atoms with Gasteiger partial charge < -0.3 is 4.42 Å². The van der Waals surface area contributed by atoms with Gasteiger partial charge in [-0.3, -0.25) is 0 Å². The molecular formula is C13H11F3N2O3S. The minimum Gasteiger partial charge on any atom is -0.408 e. The number of sulfone groups is 1. The van der Waals surface area contributed by atoms with E-state index < -0.39 is 26.8 Å². The van der Waals surface area contributed by atoms with E-state index in [1.54, 1.807) is 0 Å². The predicted octanol–water partition coefficient (Wildman–Crippen LogP) is 3.05. The number of halogens is 3. The van der Waals surface area contributed by atoms with E-state index >= 15 is 0 Å². The van der Waals surface area contributed by atoms with Crippen molar-refractivity contribution in [3.63, 3.8) is 0 Å². The van der Waals surface area contributed by atoms with E-state index in [9.17, 15) is 21.6 Å². The van der Waals surface area contributed by atoms with Crippen LogP contribution in [0.5, 0.6) is 0 Å². The van der Waals surface area contributed by atoms with Gasteiger partial charge in [0.05, 0.1) is 11.3 Å². The quantitative estimate of drug-likeness (QED) is 0.860. The predicted molar refractivity (Wildman–Crippen MR) is 72.4 cm³/mol. The van der Waals surface area contributed by atoms with Gasteiger partial charge in [0.25, 0.3) is 0 Å². The highest BCUT2D eigenvalue weighted by atomic mass is 32.2. The fourth-order valence-corrected chi connectivity index (χ4v) is 2.11. The lowest BCUT2D eigenvalue weighted by Gasteiger charge is -2.05. The fourth-order valence-electron chi connectivity index (χ4n) is 1.49. The molecular weight excluding hydrogens is 321 g/mol. The number of hydrogen-bond acceptors (Lipinski definition) is 5. The van der Waals surface area contributed by atoms with Crippen molar-refractivity contribution in [2.24, 2.45) is 0 Å². The molecule has 0 saturated heterocycles. The van der Waals surface area contributed by atoms with Crippen LogP contribution < -0.4 is 0 Å². The van der Waals surface area contributed by atoms with Crippen molar-refractivity contribution in [1.82, 2.24) is 10.2 Å². The first-order valence-corrected chi connectivity index (χ1v) is 7.79. The average molecular weight is 332 g/mol. The standard InChI is InChI=1S/C13H11F3N2O3S/c1-2-22(19,20)12-18-17-11(21-12)8-5-9-3-6-10(7-4-9)13(14,15)16/h3-8H,2H2,1H3/b8-5+. The molecule has 0 bridgehead atoms. The largest absolute Gasteiger partial charge is 0.416 e. The van der Waals surface area contributed by atoms with Crippen LogP contribution in [0.2, 0.25) is 0 Å². The van der Waals surface area contributed by atoms with Crippen molar-refractivity contribution < 1.29 is 26.0 Å². The molecule has 0 atom stereocenters. The Balaban J connectivity index is 2.16. The van der Waals surface area contributed by atoms with Crippen molar-refractivity contribution in [1.29, 1.82) is 0 Å². The number of aromatic nitrogens is 2. The monoisotopic (exact) mass is 332 g/mol. The topological polar surface area (TPSA) is 73.1 Å². The van der Waals surface area contributed by atoms with Crippen LogP contribution in [0.4, 0.5) is 13.2 Å². The van der Waals surface area contributed by atoms with E-state index in [-0.39, 0.29) is 11.6 Å². The maximum atomic E-state index is 12.4. The summed E-state index contributed by atoms with van der Waals surface area (Å²) in [5.41, 5.74) is -0.273. The van der Waals surface area contributed by atoms with Crippen LogP contribution >= 0.6 is 0 Å². The van der Waals surface area contributed by atoms with Crippen LogP contribution in [0.1, 0.15) is 23.9 Å². The molecule has 0 radical (unpaired) electrons. The minimum absolute atomic E-state index is 0.0491. The highest BCUT2D eigenvalue weighted by molar-refractivity contribution is 7.91. The van der Waals surface area contributed by atoms with Crippen LogP contribution in [-0.2, 0) is 16.0 Å². The van der Waals surface area contributed by atoms with Crippen molar-refractivity contribution in [2.45, 2.75) is 18.3 Å². The Labute approximate surface area is 124 Å². The van der Waals surface area contributed by atoms with Crippen molar-refractivity contribution in [3.05, 3.63) is 41.3 Å². The van der Waals surface area contributed by atoms with Crippen LogP contribution in [0.25, 0.3) is 12.2 Å². The van der Waals surface area contributed by atoms with E-state index in [1.165, 1.54) is 31.2 Å². The molecule has 0 unspecified atom stereocenters. The lowest BCUT2D eigenvalue weighted by atomic mass is 10.1. The van der Waals surface area contributed by atoms with E-state index in [0.717, 1.165) is 12.1 Å². The molecule has 0 amide bonds. The number of hydrogen-bond donors (Lipinski definition) is 0. The van der Waals surface area contributed by atoms with Gasteiger partial charge in [0.15, 0.2) is 0 Å². The van der Waals surface area contributed by atoms with Crippen LogP contribution in [0.15, 0.2) is 33.9 Å². The summed E-state index contributed by atoms with van der Waals surface area (Å²) in [4.78, 5) is 0. The lowest BCUT2D eigenvalue weighted by Crippen LogP contribution is -2.03. The summed E-state index contributed by atoms with van der Waals surface area (Å²) in [6.45, 7) is 1.44. The molecule has 22 heavy (non-hydrogen) atoms. The molecule has 1 heterocycles. The molecule has 0 aliphatic rings. The van der Waals surface area contributed by atoms with Crippen LogP contribution in [0.3, 0.4) is 0 Å². The summed E-state index contributed by atoms with van der Waals surface area (Å²) in [5.74, 6) is -0.219. The Kier molecular flexibility index (Phi) is 4.36. The molecule has 2 rings (SSSR count). The number of rotatable bonds is 4. The first-order chi connectivity index (χ1) is 10.2. The average Bonchev–Trinajstić information content (AvgIpc) is 2.94. The van der Waals surface area contributed by atoms with Gasteiger partial charge in [-0.15, -0.1) is 5.10 Å². The Hall–Kier alpha value is -2.16. The van der Waals surface area contributed by atoms with E-state index in [1.807, 2.05) is 0 Å². The molecule has 1 aromatic carbocycles. The Morgan fingerprint density at radius 1 is 1.14 bits per heavy atom. The van der Waals surface area contributed by atoms with Crippen LogP contribution in [0, 0.1) is 0 Å². The Morgan fingerprint density at radius 3 is 2.32 bits per heavy atom. The van der Waals surface area contributed by atoms with Gasteiger partial charge in [-0.25, -0.2) is 8.42 Å². The Morgan fingerprint density at radius 2 is 1.77 bits per heavy atom. The maximum Gasteiger partial charge on any atom is 0.416 e. The van der Waals surface area contributed by atoms with Gasteiger partial charge in [0.2, 0.25) is 15.7 Å². The fraction of sp³-hybridized carbons (Fsp3) is 0.231. The molecule has 2 aromatic rings. The SMILES string of the molecule is CCS(=O)(=O)c1nnc(/C=C/c2ccc(C(F)(F)F)cc2)o1. The van der Waals surface area contributed by atoms with E-state index in [0.29, 0.717) is 5.56 Å². The molecule has 0 fully saturated rings.